The summed E-state index contributed by atoms with van der Waals surface area (Å²) >= 11 is 1.38. The van der Waals surface area contributed by atoms with Gasteiger partial charge in [-0.15, -0.1) is 11.3 Å². The molecule has 1 aromatic carbocycles. The monoisotopic (exact) mass is 303 g/mol. The number of thiophene rings is 1. The molecule has 0 spiro atoms. The smallest absolute Gasteiger partial charge is 0.279 e. The first-order valence-corrected chi connectivity index (χ1v) is 7.23. The summed E-state index contributed by atoms with van der Waals surface area (Å²) in [5.74, 6) is -0.662. The largest absolute Gasteiger partial charge is 0.378 e. The molecule has 0 unspecified atom stereocenters. The fourth-order valence-corrected chi connectivity index (χ4v) is 2.49. The lowest BCUT2D eigenvalue weighted by molar-refractivity contribution is 0.0849. The molecule has 2 rings (SSSR count). The molecule has 0 bridgehead atoms. The van der Waals surface area contributed by atoms with E-state index in [0.717, 1.165) is 10.6 Å². The Morgan fingerprint density at radius 2 is 1.76 bits per heavy atom. The van der Waals surface area contributed by atoms with Crippen molar-refractivity contribution in [1.82, 2.24) is 10.9 Å². The number of benzene rings is 1. The fourth-order valence-electron chi connectivity index (χ4n) is 1.73. The van der Waals surface area contributed by atoms with Gasteiger partial charge in [0.05, 0.1) is 4.88 Å². The molecule has 0 aliphatic rings. The zero-order chi connectivity index (χ0) is 15.4. The van der Waals surface area contributed by atoms with E-state index in [0.29, 0.717) is 10.4 Å². The minimum atomic E-state index is -0.347. The highest BCUT2D eigenvalue weighted by Crippen LogP contribution is 2.15. The molecule has 0 aliphatic heterocycles. The maximum atomic E-state index is 12.0. The Hall–Kier alpha value is -2.34. The number of hydrazine groups is 1. The number of anilines is 1. The summed E-state index contributed by atoms with van der Waals surface area (Å²) in [5, 5.41) is 0. The molecular weight excluding hydrogens is 286 g/mol. The lowest BCUT2D eigenvalue weighted by Gasteiger charge is -2.13. The first kappa shape index (κ1) is 15.1. The van der Waals surface area contributed by atoms with Crippen LogP contribution in [0.25, 0.3) is 0 Å². The van der Waals surface area contributed by atoms with Crippen LogP contribution in [0.15, 0.2) is 36.4 Å². The summed E-state index contributed by atoms with van der Waals surface area (Å²) in [6.45, 7) is 1.92. The number of carbonyl (C=O) groups is 2. The minimum absolute atomic E-state index is 0.315. The first-order chi connectivity index (χ1) is 9.97. The number of hydrogen-bond acceptors (Lipinski definition) is 4. The highest BCUT2D eigenvalue weighted by Gasteiger charge is 2.11. The number of carbonyl (C=O) groups excluding carboxylic acids is 2. The van der Waals surface area contributed by atoms with Gasteiger partial charge in [0, 0.05) is 30.2 Å². The lowest BCUT2D eigenvalue weighted by Crippen LogP contribution is -2.41. The third kappa shape index (κ3) is 3.82. The van der Waals surface area contributed by atoms with Crippen LogP contribution in [0.2, 0.25) is 0 Å². The third-order valence-corrected chi connectivity index (χ3v) is 3.88. The Morgan fingerprint density at radius 1 is 1.05 bits per heavy atom. The summed E-state index contributed by atoms with van der Waals surface area (Å²) in [5.41, 5.74) is 6.25. The van der Waals surface area contributed by atoms with Crippen molar-refractivity contribution in [3.8, 4) is 0 Å². The van der Waals surface area contributed by atoms with Gasteiger partial charge >= 0.3 is 0 Å². The van der Waals surface area contributed by atoms with Gasteiger partial charge in [0.15, 0.2) is 0 Å². The summed E-state index contributed by atoms with van der Waals surface area (Å²) in [6.07, 6.45) is 0. The Balaban J connectivity index is 1.98. The number of amides is 2. The highest BCUT2D eigenvalue weighted by molar-refractivity contribution is 7.13. The number of nitrogens with zero attached hydrogens (tertiary/aromatic N) is 1. The molecule has 0 radical (unpaired) electrons. The van der Waals surface area contributed by atoms with Gasteiger partial charge in [0.1, 0.15) is 0 Å². The van der Waals surface area contributed by atoms with E-state index in [1.165, 1.54) is 11.3 Å². The third-order valence-electron chi connectivity index (χ3n) is 2.88. The molecule has 0 saturated carbocycles. The van der Waals surface area contributed by atoms with E-state index in [-0.39, 0.29) is 11.8 Å². The Bertz CT molecular complexity index is 664. The molecule has 21 heavy (non-hydrogen) atoms. The Morgan fingerprint density at radius 3 is 2.38 bits per heavy atom. The quantitative estimate of drug-likeness (QED) is 0.855. The van der Waals surface area contributed by atoms with Gasteiger partial charge in [-0.2, -0.15) is 0 Å². The summed E-state index contributed by atoms with van der Waals surface area (Å²) in [4.78, 5) is 27.4. The van der Waals surface area contributed by atoms with Gasteiger partial charge in [0.25, 0.3) is 11.8 Å². The molecule has 1 aromatic heterocycles. The second kappa shape index (κ2) is 6.41. The van der Waals surface area contributed by atoms with Crippen LogP contribution in [0.4, 0.5) is 5.69 Å². The molecule has 0 aliphatic carbocycles. The number of aryl methyl sites for hydroxylation is 1. The minimum Gasteiger partial charge on any atom is -0.378 e. The lowest BCUT2D eigenvalue weighted by atomic mass is 10.2. The molecular formula is C15H17N3O2S. The molecule has 2 N–H and O–H groups in total. The molecule has 2 aromatic rings. The molecule has 0 atom stereocenters. The van der Waals surface area contributed by atoms with E-state index in [2.05, 4.69) is 10.9 Å². The summed E-state index contributed by atoms with van der Waals surface area (Å²) < 4.78 is 0. The van der Waals surface area contributed by atoms with Crippen molar-refractivity contribution in [2.45, 2.75) is 6.92 Å². The van der Waals surface area contributed by atoms with Crippen LogP contribution in [-0.4, -0.2) is 25.9 Å². The van der Waals surface area contributed by atoms with Crippen molar-refractivity contribution in [2.75, 3.05) is 19.0 Å². The van der Waals surface area contributed by atoms with Crippen LogP contribution in [0.1, 0.15) is 24.9 Å². The van der Waals surface area contributed by atoms with Gasteiger partial charge in [-0.25, -0.2) is 0 Å². The maximum absolute atomic E-state index is 12.0. The van der Waals surface area contributed by atoms with Gasteiger partial charge in [-0.1, -0.05) is 6.07 Å². The normalized spacial score (nSPS) is 10.0. The van der Waals surface area contributed by atoms with Gasteiger partial charge < -0.3 is 4.90 Å². The van der Waals surface area contributed by atoms with Crippen molar-refractivity contribution >= 4 is 28.8 Å². The van der Waals surface area contributed by atoms with Gasteiger partial charge in [-0.3, -0.25) is 20.4 Å². The Kier molecular flexibility index (Phi) is 4.59. The topological polar surface area (TPSA) is 61.4 Å². The second-order valence-electron chi connectivity index (χ2n) is 4.76. The number of nitrogens with one attached hydrogen (secondary N) is 2. The highest BCUT2D eigenvalue weighted by atomic mass is 32.1. The number of rotatable bonds is 3. The van der Waals surface area contributed by atoms with E-state index < -0.39 is 0 Å². The van der Waals surface area contributed by atoms with Crippen molar-refractivity contribution in [1.29, 1.82) is 0 Å². The predicted octanol–water partition coefficient (Wildman–Crippen LogP) is 2.20. The van der Waals surface area contributed by atoms with Crippen molar-refractivity contribution < 1.29 is 9.59 Å². The van der Waals surface area contributed by atoms with Crippen LogP contribution in [0.5, 0.6) is 0 Å². The van der Waals surface area contributed by atoms with Crippen LogP contribution < -0.4 is 15.8 Å². The fraction of sp³-hybridized carbons (Fsp3) is 0.200. The summed E-state index contributed by atoms with van der Waals surface area (Å²) in [7, 11) is 3.80. The van der Waals surface area contributed by atoms with Gasteiger partial charge in [0.2, 0.25) is 0 Å². The van der Waals surface area contributed by atoms with Crippen LogP contribution in [0.3, 0.4) is 0 Å². The second-order valence-corrected chi connectivity index (χ2v) is 6.05. The van der Waals surface area contributed by atoms with E-state index in [4.69, 9.17) is 0 Å². The number of hydrogen-bond donors (Lipinski definition) is 2. The zero-order valence-electron chi connectivity index (χ0n) is 12.1. The van der Waals surface area contributed by atoms with Crippen LogP contribution in [-0.2, 0) is 0 Å². The average molecular weight is 303 g/mol. The zero-order valence-corrected chi connectivity index (χ0v) is 13.0. The van der Waals surface area contributed by atoms with E-state index in [1.54, 1.807) is 24.3 Å². The SMILES string of the molecule is Cc1ccc(C(=O)NNC(=O)c2cccc(N(C)C)c2)s1. The molecule has 0 fully saturated rings. The summed E-state index contributed by atoms with van der Waals surface area (Å²) in [6, 6.07) is 10.8. The molecule has 5 nitrogen and oxygen atoms in total. The van der Waals surface area contributed by atoms with Crippen molar-refractivity contribution in [2.24, 2.45) is 0 Å². The van der Waals surface area contributed by atoms with Crippen molar-refractivity contribution in [3.05, 3.63) is 51.7 Å². The van der Waals surface area contributed by atoms with E-state index in [1.807, 2.05) is 38.1 Å². The standard InChI is InChI=1S/C15H17N3O2S/c1-10-7-8-13(21-10)15(20)17-16-14(19)11-5-4-6-12(9-11)18(2)3/h4-9H,1-3H3,(H,16,19)(H,17,20). The van der Waals surface area contributed by atoms with Crippen LogP contribution in [0, 0.1) is 6.92 Å². The molecule has 6 heteroatoms. The molecule has 2 amide bonds. The van der Waals surface area contributed by atoms with E-state index in [9.17, 15) is 9.59 Å². The maximum Gasteiger partial charge on any atom is 0.279 e. The van der Waals surface area contributed by atoms with Crippen molar-refractivity contribution in [3.63, 3.8) is 0 Å². The first-order valence-electron chi connectivity index (χ1n) is 6.42. The van der Waals surface area contributed by atoms with Crippen LogP contribution >= 0.6 is 11.3 Å². The van der Waals surface area contributed by atoms with E-state index >= 15 is 0 Å². The molecule has 0 saturated heterocycles. The predicted molar refractivity (Wildman–Crippen MR) is 84.8 cm³/mol. The molecule has 1 heterocycles. The average Bonchev–Trinajstić information content (AvgIpc) is 2.91. The Labute approximate surface area is 127 Å². The molecule has 110 valence electrons. The van der Waals surface area contributed by atoms with Gasteiger partial charge in [-0.05, 0) is 37.3 Å².